The van der Waals surface area contributed by atoms with Crippen molar-refractivity contribution in [3.05, 3.63) is 77.9 Å². The summed E-state index contributed by atoms with van der Waals surface area (Å²) in [6.45, 7) is 1.04. The third-order valence-electron chi connectivity index (χ3n) is 5.92. The molecule has 1 aromatic heterocycles. The average Bonchev–Trinajstić information content (AvgIpc) is 3.36. The first-order valence-corrected chi connectivity index (χ1v) is 12.1. The molecule has 0 bridgehead atoms. The zero-order valence-electron chi connectivity index (χ0n) is 20.8. The summed E-state index contributed by atoms with van der Waals surface area (Å²) in [6, 6.07) is 10.7. The number of hydrogen-bond donors (Lipinski definition) is 3. The topological polar surface area (TPSA) is 113 Å². The van der Waals surface area contributed by atoms with Gasteiger partial charge >= 0.3 is 0 Å². The number of ether oxygens (including phenoxy) is 1. The molecule has 37 heavy (non-hydrogen) atoms. The molecule has 0 saturated carbocycles. The van der Waals surface area contributed by atoms with Crippen molar-refractivity contribution in [2.75, 3.05) is 20.2 Å². The summed E-state index contributed by atoms with van der Waals surface area (Å²) in [5.41, 5.74) is 0.903. The second-order valence-electron chi connectivity index (χ2n) is 9.11. The smallest absolute Gasteiger partial charge is 0.243 e. The molecule has 0 aliphatic heterocycles. The van der Waals surface area contributed by atoms with Gasteiger partial charge in [-0.3, -0.25) is 14.9 Å². The molecule has 3 rings (SSSR count). The molecular weight excluding hydrogens is 484 g/mol. The monoisotopic (exact) mass is 517 g/mol. The number of halogens is 2. The standard InChI is InChI=1S/C26H33F2N5O4/c1-32(15-20-7-10-22(11-8-20)37-13-5-3-2-4-6-25(34)31-36)16-26(35,17-33-19-29-18-30-33)23-12-9-21(27)14-24(23)28/h7-12,14,18-19,35-36H,2-6,13,15-17H2,1H3,(H,31,34). The molecule has 9 nitrogen and oxygen atoms in total. The van der Waals surface area contributed by atoms with Crippen molar-refractivity contribution in [1.82, 2.24) is 25.1 Å². The minimum absolute atomic E-state index is 0.0170. The van der Waals surface area contributed by atoms with Crippen LogP contribution in [0.25, 0.3) is 0 Å². The molecule has 0 fully saturated rings. The van der Waals surface area contributed by atoms with Crippen molar-refractivity contribution < 1.29 is 28.6 Å². The van der Waals surface area contributed by atoms with Gasteiger partial charge in [0.25, 0.3) is 0 Å². The number of nitrogens with zero attached hydrogens (tertiary/aromatic N) is 4. The lowest BCUT2D eigenvalue weighted by atomic mass is 9.92. The number of aliphatic hydroxyl groups is 1. The van der Waals surface area contributed by atoms with Gasteiger partial charge < -0.3 is 9.84 Å². The van der Waals surface area contributed by atoms with Crippen molar-refractivity contribution in [1.29, 1.82) is 0 Å². The number of benzene rings is 2. The van der Waals surface area contributed by atoms with Crippen LogP contribution in [0.2, 0.25) is 0 Å². The van der Waals surface area contributed by atoms with E-state index in [0.29, 0.717) is 19.6 Å². The molecule has 11 heteroatoms. The molecule has 1 heterocycles. The number of amides is 1. The molecule has 0 radical (unpaired) electrons. The highest BCUT2D eigenvalue weighted by atomic mass is 19.1. The Labute approximate surface area is 214 Å². The summed E-state index contributed by atoms with van der Waals surface area (Å²) in [4.78, 5) is 16.7. The number of aromatic nitrogens is 3. The molecule has 0 aliphatic carbocycles. The highest BCUT2D eigenvalue weighted by molar-refractivity contribution is 5.74. The van der Waals surface area contributed by atoms with Gasteiger partial charge in [0.2, 0.25) is 5.91 Å². The lowest BCUT2D eigenvalue weighted by Crippen LogP contribution is -2.43. The molecule has 0 saturated heterocycles. The molecular formula is C26H33F2N5O4. The van der Waals surface area contributed by atoms with Crippen molar-refractivity contribution in [2.45, 2.75) is 50.8 Å². The first-order valence-electron chi connectivity index (χ1n) is 12.1. The summed E-state index contributed by atoms with van der Waals surface area (Å²) in [5.74, 6) is -1.17. The van der Waals surface area contributed by atoms with Crippen molar-refractivity contribution in [2.24, 2.45) is 0 Å². The fourth-order valence-corrected chi connectivity index (χ4v) is 4.16. The number of hydroxylamine groups is 1. The van der Waals surface area contributed by atoms with Gasteiger partial charge in [-0.05, 0) is 43.7 Å². The quantitative estimate of drug-likeness (QED) is 0.161. The second kappa shape index (κ2) is 13.8. The van der Waals surface area contributed by atoms with Crippen LogP contribution in [0, 0.1) is 11.6 Å². The number of carbonyl (C=O) groups excluding carboxylic acids is 1. The molecule has 1 atom stereocenters. The summed E-state index contributed by atoms with van der Waals surface area (Å²) in [6.07, 6.45) is 6.45. The summed E-state index contributed by atoms with van der Waals surface area (Å²) >= 11 is 0. The average molecular weight is 518 g/mol. The van der Waals surface area contributed by atoms with E-state index >= 15 is 0 Å². The number of likely N-dealkylation sites (N-methyl/N-ethyl adjacent to an activating group) is 1. The van der Waals surface area contributed by atoms with Crippen LogP contribution in [0.4, 0.5) is 8.78 Å². The van der Waals surface area contributed by atoms with Crippen molar-refractivity contribution >= 4 is 5.91 Å². The van der Waals surface area contributed by atoms with Gasteiger partial charge in [-0.2, -0.15) is 5.10 Å². The van der Waals surface area contributed by atoms with E-state index in [1.807, 2.05) is 36.2 Å². The van der Waals surface area contributed by atoms with E-state index in [1.54, 1.807) is 5.48 Å². The fourth-order valence-electron chi connectivity index (χ4n) is 4.16. The van der Waals surface area contributed by atoms with Crippen LogP contribution >= 0.6 is 0 Å². The Morgan fingerprint density at radius 1 is 1.14 bits per heavy atom. The molecule has 3 N–H and O–H groups in total. The molecule has 2 aromatic carbocycles. The Kier molecular flexibility index (Phi) is 10.5. The first kappa shape index (κ1) is 28.2. The predicted octanol–water partition coefficient (Wildman–Crippen LogP) is 3.41. The van der Waals surface area contributed by atoms with E-state index in [4.69, 9.17) is 9.94 Å². The second-order valence-corrected chi connectivity index (χ2v) is 9.11. The number of nitrogens with one attached hydrogen (secondary N) is 1. The van der Waals surface area contributed by atoms with Gasteiger partial charge in [-0.1, -0.05) is 31.0 Å². The highest BCUT2D eigenvalue weighted by Gasteiger charge is 2.34. The van der Waals surface area contributed by atoms with Gasteiger partial charge in [0, 0.05) is 31.1 Å². The number of carbonyl (C=O) groups is 1. The number of unbranched alkanes of at least 4 members (excludes halogenated alkanes) is 3. The molecule has 1 unspecified atom stereocenters. The van der Waals surface area contributed by atoms with E-state index < -0.39 is 17.2 Å². The van der Waals surface area contributed by atoms with Crippen LogP contribution in [0.15, 0.2) is 55.1 Å². The minimum Gasteiger partial charge on any atom is -0.494 e. The van der Waals surface area contributed by atoms with E-state index in [2.05, 4.69) is 10.1 Å². The molecule has 3 aromatic rings. The van der Waals surface area contributed by atoms with Crippen LogP contribution in [-0.2, 0) is 23.5 Å². The van der Waals surface area contributed by atoms with Gasteiger partial charge in [0.05, 0.1) is 13.2 Å². The van der Waals surface area contributed by atoms with Crippen LogP contribution in [0.1, 0.15) is 43.2 Å². The normalized spacial score (nSPS) is 12.9. The summed E-state index contributed by atoms with van der Waals surface area (Å²) < 4.78 is 35.3. The maximum Gasteiger partial charge on any atom is 0.243 e. The lowest BCUT2D eigenvalue weighted by molar-refractivity contribution is -0.129. The SMILES string of the molecule is CN(Cc1ccc(OCCCCCCC(=O)NO)cc1)CC(O)(Cn1cncn1)c1ccc(F)cc1F. The summed E-state index contributed by atoms with van der Waals surface area (Å²) in [7, 11) is 1.81. The number of hydrogen-bond acceptors (Lipinski definition) is 7. The van der Waals surface area contributed by atoms with Gasteiger partial charge in [-0.15, -0.1) is 0 Å². The molecule has 0 aliphatic rings. The molecule has 0 spiro atoms. The van der Waals surface area contributed by atoms with Crippen LogP contribution < -0.4 is 10.2 Å². The number of rotatable bonds is 15. The molecule has 200 valence electrons. The first-order chi connectivity index (χ1) is 17.8. The maximum atomic E-state index is 14.6. The Hall–Kier alpha value is -3.41. The van der Waals surface area contributed by atoms with Gasteiger partial charge in [0.15, 0.2) is 0 Å². The third kappa shape index (κ3) is 8.88. The lowest BCUT2D eigenvalue weighted by Gasteiger charge is -2.33. The fraction of sp³-hybridized carbons (Fsp3) is 0.423. The van der Waals surface area contributed by atoms with Crippen LogP contribution in [0.5, 0.6) is 5.75 Å². The van der Waals surface area contributed by atoms with Crippen LogP contribution in [0.3, 0.4) is 0 Å². The zero-order valence-corrected chi connectivity index (χ0v) is 20.8. The minimum atomic E-state index is -1.68. The van der Waals surface area contributed by atoms with Crippen molar-refractivity contribution in [3.8, 4) is 5.75 Å². The van der Waals surface area contributed by atoms with Crippen molar-refractivity contribution in [3.63, 3.8) is 0 Å². The Morgan fingerprint density at radius 3 is 2.57 bits per heavy atom. The van der Waals surface area contributed by atoms with E-state index in [0.717, 1.165) is 49.1 Å². The van der Waals surface area contributed by atoms with Crippen LogP contribution in [-0.4, -0.2) is 56.1 Å². The Balaban J connectivity index is 1.52. The summed E-state index contributed by atoms with van der Waals surface area (Å²) in [5, 5.41) is 24.0. The zero-order chi connectivity index (χ0) is 26.7. The molecule has 1 amide bonds. The largest absolute Gasteiger partial charge is 0.494 e. The van der Waals surface area contributed by atoms with Gasteiger partial charge in [-0.25, -0.2) is 23.9 Å². The van der Waals surface area contributed by atoms with E-state index in [1.165, 1.54) is 23.4 Å². The Morgan fingerprint density at radius 2 is 1.89 bits per heavy atom. The van der Waals surface area contributed by atoms with Gasteiger partial charge in [0.1, 0.15) is 35.6 Å². The van der Waals surface area contributed by atoms with E-state index in [9.17, 15) is 18.7 Å². The maximum absolute atomic E-state index is 14.6. The predicted molar refractivity (Wildman–Crippen MR) is 132 cm³/mol. The highest BCUT2D eigenvalue weighted by Crippen LogP contribution is 2.28. The Bertz CT molecular complexity index is 1110. The van der Waals surface area contributed by atoms with E-state index in [-0.39, 0.29) is 24.6 Å². The third-order valence-corrected chi connectivity index (χ3v) is 5.92.